The SMILES string of the molecule is O=C(OC1CCCCC1)N1CCN(C2c3ccc(Cl)cc3CCc3cc(Cl)ccc32)CC1. The fourth-order valence-electron chi connectivity index (χ4n) is 5.51. The van der Waals surface area contributed by atoms with Crippen molar-refractivity contribution in [2.45, 2.75) is 57.1 Å². The molecule has 0 radical (unpaired) electrons. The summed E-state index contributed by atoms with van der Waals surface area (Å²) in [7, 11) is 0. The van der Waals surface area contributed by atoms with E-state index in [1.54, 1.807) is 0 Å². The van der Waals surface area contributed by atoms with Gasteiger partial charge in [0, 0.05) is 36.2 Å². The summed E-state index contributed by atoms with van der Waals surface area (Å²) in [6.07, 6.45) is 7.47. The number of ether oxygens (including phenoxy) is 1. The Balaban J connectivity index is 1.35. The second kappa shape index (κ2) is 9.62. The summed E-state index contributed by atoms with van der Waals surface area (Å²) in [4.78, 5) is 17.1. The smallest absolute Gasteiger partial charge is 0.410 e. The van der Waals surface area contributed by atoms with Crippen LogP contribution in [0.1, 0.15) is 60.4 Å². The molecular formula is C26H30Cl2N2O2. The molecule has 2 aromatic rings. The van der Waals surface area contributed by atoms with Gasteiger partial charge in [-0.3, -0.25) is 4.90 Å². The summed E-state index contributed by atoms with van der Waals surface area (Å²) in [6.45, 7) is 3.00. The molecular weight excluding hydrogens is 443 g/mol. The van der Waals surface area contributed by atoms with Gasteiger partial charge in [-0.25, -0.2) is 4.79 Å². The minimum atomic E-state index is -0.142. The van der Waals surface area contributed by atoms with Crippen LogP contribution in [0, 0.1) is 0 Å². The van der Waals surface area contributed by atoms with Crippen molar-refractivity contribution in [2.75, 3.05) is 26.2 Å². The molecule has 1 saturated carbocycles. The third kappa shape index (κ3) is 4.64. The molecule has 1 amide bonds. The first-order valence-electron chi connectivity index (χ1n) is 11.8. The average molecular weight is 473 g/mol. The average Bonchev–Trinajstić information content (AvgIpc) is 2.96. The molecule has 3 aliphatic rings. The number of amides is 1. The van der Waals surface area contributed by atoms with Gasteiger partial charge in [-0.15, -0.1) is 0 Å². The van der Waals surface area contributed by atoms with Crippen LogP contribution in [-0.4, -0.2) is 48.2 Å². The van der Waals surface area contributed by atoms with Gasteiger partial charge in [-0.1, -0.05) is 41.8 Å². The highest BCUT2D eigenvalue weighted by molar-refractivity contribution is 6.31. The van der Waals surface area contributed by atoms with Gasteiger partial charge in [0.15, 0.2) is 0 Å². The molecule has 1 saturated heterocycles. The van der Waals surface area contributed by atoms with Crippen molar-refractivity contribution in [3.8, 4) is 0 Å². The highest BCUT2D eigenvalue weighted by Gasteiger charge is 2.33. The Hall–Kier alpha value is -1.75. The molecule has 170 valence electrons. The standard InChI is InChI=1S/C26H30Cl2N2O2/c27-20-8-10-23-18(16-20)6-7-19-17-21(28)9-11-24(19)25(23)29-12-14-30(15-13-29)26(31)32-22-4-2-1-3-5-22/h8-11,16-17,22,25H,1-7,12-15H2. The molecule has 5 rings (SSSR count). The second-order valence-corrected chi connectivity index (χ2v) is 10.1. The van der Waals surface area contributed by atoms with Gasteiger partial charge >= 0.3 is 6.09 Å². The summed E-state index contributed by atoms with van der Waals surface area (Å²) in [5.41, 5.74) is 5.23. The van der Waals surface area contributed by atoms with E-state index in [0.717, 1.165) is 48.8 Å². The summed E-state index contributed by atoms with van der Waals surface area (Å²) < 4.78 is 5.81. The molecule has 0 atom stereocenters. The number of aryl methyl sites for hydroxylation is 2. The Morgan fingerprint density at radius 3 is 1.94 bits per heavy atom. The normalized spacial score (nSPS) is 20.4. The van der Waals surface area contributed by atoms with E-state index in [1.807, 2.05) is 17.0 Å². The van der Waals surface area contributed by atoms with E-state index in [1.165, 1.54) is 41.5 Å². The van der Waals surface area contributed by atoms with E-state index in [0.29, 0.717) is 13.1 Å². The topological polar surface area (TPSA) is 32.8 Å². The lowest BCUT2D eigenvalue weighted by Gasteiger charge is -2.40. The lowest BCUT2D eigenvalue weighted by molar-refractivity contribution is 0.0294. The molecule has 6 heteroatoms. The molecule has 2 aromatic carbocycles. The van der Waals surface area contributed by atoms with Crippen LogP contribution >= 0.6 is 23.2 Å². The molecule has 1 aliphatic heterocycles. The van der Waals surface area contributed by atoms with Gasteiger partial charge in [0.1, 0.15) is 6.10 Å². The maximum Gasteiger partial charge on any atom is 0.410 e. The summed E-state index contributed by atoms with van der Waals surface area (Å²) in [5, 5.41) is 1.56. The summed E-state index contributed by atoms with van der Waals surface area (Å²) >= 11 is 12.7. The zero-order chi connectivity index (χ0) is 22.1. The second-order valence-electron chi connectivity index (χ2n) is 9.26. The zero-order valence-electron chi connectivity index (χ0n) is 18.4. The number of carbonyl (C=O) groups is 1. The van der Waals surface area contributed by atoms with E-state index in [-0.39, 0.29) is 18.2 Å². The van der Waals surface area contributed by atoms with Gasteiger partial charge in [-0.2, -0.15) is 0 Å². The van der Waals surface area contributed by atoms with Crippen molar-refractivity contribution in [3.63, 3.8) is 0 Å². The van der Waals surface area contributed by atoms with E-state index < -0.39 is 0 Å². The molecule has 4 nitrogen and oxygen atoms in total. The third-order valence-corrected chi connectivity index (χ3v) is 7.69. The Kier molecular flexibility index (Phi) is 6.64. The van der Waals surface area contributed by atoms with Crippen molar-refractivity contribution in [2.24, 2.45) is 0 Å². The number of halogens is 2. The van der Waals surface area contributed by atoms with Crippen LogP contribution in [-0.2, 0) is 17.6 Å². The van der Waals surface area contributed by atoms with Crippen molar-refractivity contribution < 1.29 is 9.53 Å². The van der Waals surface area contributed by atoms with Crippen molar-refractivity contribution in [1.82, 2.24) is 9.80 Å². The molecule has 0 spiro atoms. The van der Waals surface area contributed by atoms with Crippen LogP contribution in [0.25, 0.3) is 0 Å². The monoisotopic (exact) mass is 472 g/mol. The quantitative estimate of drug-likeness (QED) is 0.516. The molecule has 2 aliphatic carbocycles. The predicted molar refractivity (Wildman–Crippen MR) is 129 cm³/mol. The van der Waals surface area contributed by atoms with Crippen LogP contribution in [0.2, 0.25) is 10.0 Å². The molecule has 1 heterocycles. The van der Waals surface area contributed by atoms with Crippen LogP contribution in [0.4, 0.5) is 4.79 Å². The van der Waals surface area contributed by atoms with Gasteiger partial charge in [0.05, 0.1) is 6.04 Å². The number of hydrogen-bond acceptors (Lipinski definition) is 3. The molecule has 0 unspecified atom stereocenters. The molecule has 0 aromatic heterocycles. The van der Waals surface area contributed by atoms with Gasteiger partial charge in [-0.05, 0) is 85.0 Å². The first-order chi connectivity index (χ1) is 15.6. The number of carbonyl (C=O) groups excluding carboxylic acids is 1. The van der Waals surface area contributed by atoms with E-state index >= 15 is 0 Å². The minimum Gasteiger partial charge on any atom is -0.446 e. The van der Waals surface area contributed by atoms with Gasteiger partial charge < -0.3 is 9.64 Å². The number of rotatable bonds is 2. The lowest BCUT2D eigenvalue weighted by Crippen LogP contribution is -2.50. The molecule has 0 bridgehead atoms. The highest BCUT2D eigenvalue weighted by atomic mass is 35.5. The van der Waals surface area contributed by atoms with Crippen LogP contribution in [0.3, 0.4) is 0 Å². The number of fused-ring (bicyclic) bond motifs is 2. The highest BCUT2D eigenvalue weighted by Crippen LogP contribution is 2.39. The largest absolute Gasteiger partial charge is 0.446 e. The molecule has 2 fully saturated rings. The molecule has 0 N–H and O–H groups in total. The maximum absolute atomic E-state index is 12.7. The number of benzene rings is 2. The van der Waals surface area contributed by atoms with Gasteiger partial charge in [0.25, 0.3) is 0 Å². The van der Waals surface area contributed by atoms with Crippen molar-refractivity contribution in [3.05, 3.63) is 68.7 Å². The number of piperazine rings is 1. The van der Waals surface area contributed by atoms with Crippen LogP contribution in [0.15, 0.2) is 36.4 Å². The number of nitrogens with zero attached hydrogens (tertiary/aromatic N) is 2. The maximum atomic E-state index is 12.7. The summed E-state index contributed by atoms with van der Waals surface area (Å²) in [5.74, 6) is 0. The summed E-state index contributed by atoms with van der Waals surface area (Å²) in [6, 6.07) is 12.7. The molecule has 32 heavy (non-hydrogen) atoms. The number of hydrogen-bond donors (Lipinski definition) is 0. The fourth-order valence-corrected chi connectivity index (χ4v) is 5.90. The van der Waals surface area contributed by atoms with Crippen LogP contribution < -0.4 is 0 Å². The Bertz CT molecular complexity index is 928. The fraction of sp³-hybridized carbons (Fsp3) is 0.500. The Labute approximate surface area is 200 Å². The Morgan fingerprint density at radius 2 is 1.38 bits per heavy atom. The van der Waals surface area contributed by atoms with Crippen LogP contribution in [0.5, 0.6) is 0 Å². The van der Waals surface area contributed by atoms with Crippen molar-refractivity contribution >= 4 is 29.3 Å². The minimum absolute atomic E-state index is 0.101. The third-order valence-electron chi connectivity index (χ3n) is 7.22. The van der Waals surface area contributed by atoms with E-state index in [9.17, 15) is 4.79 Å². The van der Waals surface area contributed by atoms with E-state index in [2.05, 4.69) is 29.2 Å². The first-order valence-corrected chi connectivity index (χ1v) is 12.6. The Morgan fingerprint density at radius 1 is 0.812 bits per heavy atom. The zero-order valence-corrected chi connectivity index (χ0v) is 19.9. The predicted octanol–water partition coefficient (Wildman–Crippen LogP) is 6.27. The van der Waals surface area contributed by atoms with E-state index in [4.69, 9.17) is 27.9 Å². The van der Waals surface area contributed by atoms with Crippen molar-refractivity contribution in [1.29, 1.82) is 0 Å². The lowest BCUT2D eigenvalue weighted by atomic mass is 9.92. The first kappa shape index (κ1) is 22.1. The van der Waals surface area contributed by atoms with Gasteiger partial charge in [0.2, 0.25) is 0 Å².